The molecule has 0 bridgehead atoms. The molecule has 0 N–H and O–H groups in total. The maximum Gasteiger partial charge on any atom is 0.643 e. The van der Waals surface area contributed by atoms with Gasteiger partial charge >= 0.3 is 11.4 Å². The first-order chi connectivity index (χ1) is 7.56. The highest BCUT2D eigenvalue weighted by Gasteiger charge is 2.00. The second-order valence-corrected chi connectivity index (χ2v) is 10.1. The highest BCUT2D eigenvalue weighted by molar-refractivity contribution is 7.54. The highest BCUT2D eigenvalue weighted by atomic mass is 35.8. The Morgan fingerprint density at radius 1 is 1.18 bits per heavy atom. The Morgan fingerprint density at radius 3 is 2.18 bits per heavy atom. The van der Waals surface area contributed by atoms with Gasteiger partial charge in [-0.15, -0.1) is 0 Å². The lowest BCUT2D eigenvalue weighted by atomic mass is 10.2. The predicted octanol–water partition coefficient (Wildman–Crippen LogP) is 0.585. The molecule has 1 aromatic heterocycles. The van der Waals surface area contributed by atoms with Crippen molar-refractivity contribution in [3.63, 3.8) is 0 Å². The molecule has 0 saturated heterocycles. The third-order valence-electron chi connectivity index (χ3n) is 2.09. The van der Waals surface area contributed by atoms with Gasteiger partial charge in [0.15, 0.2) is 0 Å². The largest absolute Gasteiger partial charge is 1.00 e. The van der Waals surface area contributed by atoms with E-state index in [9.17, 15) is 0 Å². The molecular weight excluding hydrogens is 317 g/mol. The van der Waals surface area contributed by atoms with Crippen LogP contribution in [0, 0.1) is 0 Å². The Morgan fingerprint density at radius 2 is 1.76 bits per heavy atom. The number of rotatable bonds is 5. The zero-order chi connectivity index (χ0) is 12.4. The molecule has 0 aromatic carbocycles. The molecule has 0 aliphatic heterocycles. The van der Waals surface area contributed by atoms with E-state index in [1.165, 1.54) is 32.2 Å². The van der Waals surface area contributed by atoms with Gasteiger partial charge in [-0.05, 0) is 12.8 Å². The summed E-state index contributed by atoms with van der Waals surface area (Å²) in [5, 5.41) is 0. The number of hydrogen-bond donors (Lipinski definition) is 0. The fourth-order valence-corrected chi connectivity index (χ4v) is 1.36. The molecule has 100 valence electrons. The van der Waals surface area contributed by atoms with Crippen LogP contribution in [0.15, 0.2) is 18.7 Å². The van der Waals surface area contributed by atoms with Crippen LogP contribution in [0.2, 0.25) is 0 Å². The molecule has 17 heavy (non-hydrogen) atoms. The number of hydrogen-bond acceptors (Lipinski definition) is 0. The van der Waals surface area contributed by atoms with Crippen LogP contribution in [0.3, 0.4) is 0 Å². The van der Waals surface area contributed by atoms with Gasteiger partial charge in [-0.25, -0.2) is 39.3 Å². The number of aromatic nitrogens is 2. The Bertz CT molecular complexity index is 266. The van der Waals surface area contributed by atoms with E-state index in [4.69, 9.17) is 30.1 Å². The lowest BCUT2D eigenvalue weighted by molar-refractivity contribution is -0.671. The third-order valence-corrected chi connectivity index (χ3v) is 2.09. The second kappa shape index (κ2) is 13.3. The van der Waals surface area contributed by atoms with Crippen molar-refractivity contribution in [3.05, 3.63) is 18.7 Å². The Balaban J connectivity index is 0. The van der Waals surface area contributed by atoms with E-state index in [1.807, 2.05) is 0 Å². The monoisotopic (exact) mass is 334 g/mol. The topological polar surface area (TPSA) is 8.81 Å². The molecular formula is C10H19AlCl4N2. The minimum Gasteiger partial charge on any atom is -1.00 e. The van der Waals surface area contributed by atoms with Crippen LogP contribution in [0.1, 0.15) is 32.6 Å². The average Bonchev–Trinajstić information content (AvgIpc) is 2.58. The van der Waals surface area contributed by atoms with Gasteiger partial charge in [-0.1, -0.05) is 19.8 Å². The standard InChI is InChI=1S/C10H19N2.Al.4ClH/c1-3-4-5-6-7-12-9-8-11(2)10-12;;;;;/h8-10H,3-7H2,1-2H3;;4*1H/q+1;+3;;;;/p-4. The molecule has 1 heterocycles. The summed E-state index contributed by atoms with van der Waals surface area (Å²) in [6.07, 6.45) is 11.7. The summed E-state index contributed by atoms with van der Waals surface area (Å²) in [5.74, 6) is 0. The van der Waals surface area contributed by atoms with Crippen molar-refractivity contribution in [1.29, 1.82) is 0 Å². The van der Waals surface area contributed by atoms with E-state index in [0.29, 0.717) is 0 Å². The summed E-state index contributed by atoms with van der Waals surface area (Å²) in [5.41, 5.74) is 0. The zero-order valence-electron chi connectivity index (χ0n) is 10.3. The first-order valence-corrected chi connectivity index (χ1v) is 10.7. The van der Waals surface area contributed by atoms with Crippen molar-refractivity contribution < 1.29 is 17.0 Å². The lowest BCUT2D eigenvalue weighted by Crippen LogP contribution is -3.00. The molecule has 2 nitrogen and oxygen atoms in total. The SMILES string of the molecule is CCCCCCn1cc[n+](C)c1.[Cl-].[Cl][Al]([Cl])[Cl]. The number of unbranched alkanes of at least 4 members (excludes halogenated alkanes) is 3. The quantitative estimate of drug-likeness (QED) is 0.423. The van der Waals surface area contributed by atoms with Gasteiger partial charge < -0.3 is 12.4 Å². The molecule has 0 radical (unpaired) electrons. The number of halogens is 4. The van der Waals surface area contributed by atoms with Gasteiger partial charge in [-0.3, -0.25) is 0 Å². The van der Waals surface area contributed by atoms with Gasteiger partial charge in [0.25, 0.3) is 0 Å². The van der Waals surface area contributed by atoms with E-state index < -0.39 is 11.4 Å². The van der Waals surface area contributed by atoms with Gasteiger partial charge in [-0.2, -0.15) is 0 Å². The maximum atomic E-state index is 4.94. The molecule has 0 saturated carbocycles. The van der Waals surface area contributed by atoms with Crippen LogP contribution in [0.5, 0.6) is 0 Å². The molecule has 1 aromatic rings. The van der Waals surface area contributed by atoms with Crippen molar-refractivity contribution in [2.75, 3.05) is 0 Å². The fourth-order valence-electron chi connectivity index (χ4n) is 1.36. The van der Waals surface area contributed by atoms with Gasteiger partial charge in [0.2, 0.25) is 6.33 Å². The van der Waals surface area contributed by atoms with Crippen molar-refractivity contribution in [2.45, 2.75) is 39.2 Å². The molecule has 0 amide bonds. The van der Waals surface area contributed by atoms with Crippen molar-refractivity contribution in [1.82, 2.24) is 4.57 Å². The van der Waals surface area contributed by atoms with Crippen LogP contribution in [-0.4, -0.2) is 16.0 Å². The van der Waals surface area contributed by atoms with Crippen molar-refractivity contribution >= 4 is 41.5 Å². The van der Waals surface area contributed by atoms with Crippen molar-refractivity contribution in [2.24, 2.45) is 7.05 Å². The Labute approximate surface area is 127 Å². The highest BCUT2D eigenvalue weighted by Crippen LogP contribution is 2.00. The third kappa shape index (κ3) is 14.8. The van der Waals surface area contributed by atoms with E-state index in [-0.39, 0.29) is 12.4 Å². The smallest absolute Gasteiger partial charge is 0.643 e. The maximum absolute atomic E-state index is 4.94. The van der Waals surface area contributed by atoms with Crippen LogP contribution in [-0.2, 0) is 13.6 Å². The van der Waals surface area contributed by atoms with Crippen LogP contribution in [0.25, 0.3) is 0 Å². The zero-order valence-corrected chi connectivity index (χ0v) is 14.4. The average molecular weight is 336 g/mol. The first kappa shape index (κ1) is 20.2. The molecule has 0 fully saturated rings. The Hall–Kier alpha value is 0.902. The van der Waals surface area contributed by atoms with Gasteiger partial charge in [0, 0.05) is 0 Å². The molecule has 0 spiro atoms. The van der Waals surface area contributed by atoms with Gasteiger partial charge in [0.05, 0.1) is 13.6 Å². The number of nitrogens with zero attached hydrogens (tertiary/aromatic N) is 2. The second-order valence-electron chi connectivity index (χ2n) is 3.63. The number of imidazole rings is 1. The minimum atomic E-state index is -1.72. The molecule has 0 atom stereocenters. The normalized spacial score (nSPS) is 9.00. The molecule has 0 unspecified atom stereocenters. The molecule has 0 aliphatic carbocycles. The Kier molecular flexibility index (Phi) is 15.9. The molecule has 1 rings (SSSR count). The van der Waals surface area contributed by atoms with Crippen LogP contribution in [0.4, 0.5) is 0 Å². The van der Waals surface area contributed by atoms with Crippen LogP contribution < -0.4 is 17.0 Å². The number of aryl methyl sites for hydroxylation is 2. The molecule has 7 heteroatoms. The lowest BCUT2D eigenvalue weighted by Gasteiger charge is -1.95. The summed E-state index contributed by atoms with van der Waals surface area (Å²) in [6.45, 7) is 3.41. The summed E-state index contributed by atoms with van der Waals surface area (Å²) in [4.78, 5) is 0. The van der Waals surface area contributed by atoms with E-state index in [0.717, 1.165) is 0 Å². The first-order valence-electron chi connectivity index (χ1n) is 5.49. The fraction of sp³-hybridized carbons (Fsp3) is 0.700. The van der Waals surface area contributed by atoms with E-state index in [2.05, 4.69) is 41.8 Å². The van der Waals surface area contributed by atoms with E-state index >= 15 is 0 Å². The van der Waals surface area contributed by atoms with Crippen molar-refractivity contribution in [3.8, 4) is 0 Å². The summed E-state index contributed by atoms with van der Waals surface area (Å²) in [7, 11) is 16.9. The molecule has 0 aliphatic rings. The minimum absolute atomic E-state index is 0. The predicted molar refractivity (Wildman–Crippen MR) is 73.1 cm³/mol. The summed E-state index contributed by atoms with van der Waals surface area (Å²) in [6, 6.07) is 0. The van der Waals surface area contributed by atoms with Crippen LogP contribution >= 0.6 is 30.1 Å². The van der Waals surface area contributed by atoms with E-state index in [1.54, 1.807) is 0 Å². The summed E-state index contributed by atoms with van der Waals surface area (Å²) < 4.78 is 4.33. The summed E-state index contributed by atoms with van der Waals surface area (Å²) >= 11 is -1.72. The van der Waals surface area contributed by atoms with Gasteiger partial charge in [0.1, 0.15) is 12.4 Å².